The highest BCUT2D eigenvalue weighted by Crippen LogP contribution is 2.22. The summed E-state index contributed by atoms with van der Waals surface area (Å²) in [6.07, 6.45) is 1.06. The number of aryl methyl sites for hydroxylation is 1. The Morgan fingerprint density at radius 1 is 1.18 bits per heavy atom. The van der Waals surface area contributed by atoms with Gasteiger partial charge < -0.3 is 5.32 Å². The van der Waals surface area contributed by atoms with Crippen LogP contribution in [0.4, 0.5) is 0 Å². The van der Waals surface area contributed by atoms with Gasteiger partial charge in [-0.2, -0.15) is 0 Å². The van der Waals surface area contributed by atoms with Crippen LogP contribution in [0.15, 0.2) is 41.8 Å². The molecule has 1 N–H and O–H groups in total. The van der Waals surface area contributed by atoms with Gasteiger partial charge in [0.1, 0.15) is 0 Å². The molecule has 0 amide bonds. The first-order valence-electron chi connectivity index (χ1n) is 6.12. The Morgan fingerprint density at radius 3 is 2.53 bits per heavy atom. The zero-order chi connectivity index (χ0) is 12.1. The third-order valence-electron chi connectivity index (χ3n) is 2.90. The van der Waals surface area contributed by atoms with E-state index in [0.29, 0.717) is 6.04 Å². The van der Waals surface area contributed by atoms with Crippen LogP contribution >= 0.6 is 11.3 Å². The molecule has 0 aliphatic rings. The summed E-state index contributed by atoms with van der Waals surface area (Å²) in [5.74, 6) is 0. The van der Waals surface area contributed by atoms with Gasteiger partial charge in [-0.05, 0) is 36.9 Å². The number of hydrogen-bond donors (Lipinski definition) is 1. The molecule has 1 heterocycles. The Balaban J connectivity index is 2.10. The number of hydrogen-bond acceptors (Lipinski definition) is 2. The highest BCUT2D eigenvalue weighted by atomic mass is 32.1. The minimum absolute atomic E-state index is 0.447. The van der Waals surface area contributed by atoms with Gasteiger partial charge in [-0.25, -0.2) is 0 Å². The van der Waals surface area contributed by atoms with Gasteiger partial charge in [0, 0.05) is 10.9 Å². The van der Waals surface area contributed by atoms with E-state index in [4.69, 9.17) is 0 Å². The Morgan fingerprint density at radius 2 is 1.94 bits per heavy atom. The molecule has 0 radical (unpaired) electrons. The van der Waals surface area contributed by atoms with Gasteiger partial charge in [0.15, 0.2) is 0 Å². The maximum absolute atomic E-state index is 3.56. The summed E-state index contributed by atoms with van der Waals surface area (Å²) in [4.78, 5) is 1.42. The third-order valence-corrected chi connectivity index (χ3v) is 3.88. The van der Waals surface area contributed by atoms with Crippen LogP contribution in [0.2, 0.25) is 0 Å². The second-order valence-electron chi connectivity index (χ2n) is 4.32. The first-order valence-corrected chi connectivity index (χ1v) is 7.00. The lowest BCUT2D eigenvalue weighted by Gasteiger charge is -2.16. The predicted octanol–water partition coefficient (Wildman–Crippen LogP) is 3.95. The molecule has 1 aromatic carbocycles. The van der Waals surface area contributed by atoms with Crippen molar-refractivity contribution in [1.29, 1.82) is 0 Å². The fraction of sp³-hybridized carbons (Fsp3) is 0.333. The Labute approximate surface area is 108 Å². The van der Waals surface area contributed by atoms with Gasteiger partial charge in [-0.15, -0.1) is 11.3 Å². The van der Waals surface area contributed by atoms with E-state index in [2.05, 4.69) is 60.9 Å². The van der Waals surface area contributed by atoms with Gasteiger partial charge in [0.05, 0.1) is 0 Å². The smallest absolute Gasteiger partial charge is 0.0455 e. The lowest BCUT2D eigenvalue weighted by molar-refractivity contribution is 0.558. The Bertz CT molecular complexity index is 430. The minimum Gasteiger partial charge on any atom is -0.309 e. The van der Waals surface area contributed by atoms with Crippen LogP contribution in [0.1, 0.15) is 29.0 Å². The number of rotatable bonds is 5. The van der Waals surface area contributed by atoms with Crippen LogP contribution in [0, 0.1) is 6.92 Å². The van der Waals surface area contributed by atoms with E-state index in [0.717, 1.165) is 13.0 Å². The Hall–Kier alpha value is -1.12. The molecule has 2 heteroatoms. The van der Waals surface area contributed by atoms with Crippen molar-refractivity contribution in [2.75, 3.05) is 6.54 Å². The van der Waals surface area contributed by atoms with Gasteiger partial charge in [0.2, 0.25) is 0 Å². The lowest BCUT2D eigenvalue weighted by Crippen LogP contribution is -2.22. The van der Waals surface area contributed by atoms with Crippen LogP contribution in [0.5, 0.6) is 0 Å². The van der Waals surface area contributed by atoms with Crippen molar-refractivity contribution in [3.63, 3.8) is 0 Å². The maximum atomic E-state index is 3.56. The van der Waals surface area contributed by atoms with Crippen molar-refractivity contribution in [3.8, 4) is 0 Å². The quantitative estimate of drug-likeness (QED) is 0.841. The third kappa shape index (κ3) is 3.42. The molecule has 1 nitrogen and oxygen atoms in total. The summed E-state index contributed by atoms with van der Waals surface area (Å²) in [6.45, 7) is 5.30. The molecular formula is C15H19NS. The average Bonchev–Trinajstić information content (AvgIpc) is 2.85. The fourth-order valence-corrected chi connectivity index (χ4v) is 2.77. The van der Waals surface area contributed by atoms with E-state index in [9.17, 15) is 0 Å². The highest BCUT2D eigenvalue weighted by molar-refractivity contribution is 7.10. The highest BCUT2D eigenvalue weighted by Gasteiger charge is 2.11. The minimum atomic E-state index is 0.447. The van der Waals surface area contributed by atoms with E-state index in [-0.39, 0.29) is 0 Å². The molecule has 0 saturated carbocycles. The molecule has 0 saturated heterocycles. The molecule has 0 unspecified atom stereocenters. The summed E-state index contributed by atoms with van der Waals surface area (Å²) >= 11 is 1.83. The monoisotopic (exact) mass is 245 g/mol. The molecule has 2 aromatic rings. The first kappa shape index (κ1) is 12.3. The van der Waals surface area contributed by atoms with Gasteiger partial charge in [-0.3, -0.25) is 0 Å². The molecule has 90 valence electrons. The van der Waals surface area contributed by atoms with Crippen molar-refractivity contribution in [2.24, 2.45) is 0 Å². The lowest BCUT2D eigenvalue weighted by atomic mass is 10.0. The molecule has 0 aliphatic heterocycles. The fourth-order valence-electron chi connectivity index (χ4n) is 1.97. The van der Waals surface area contributed by atoms with Gasteiger partial charge >= 0.3 is 0 Å². The van der Waals surface area contributed by atoms with Crippen LogP contribution in [-0.2, 0) is 6.42 Å². The molecule has 17 heavy (non-hydrogen) atoms. The second kappa shape index (κ2) is 5.99. The summed E-state index contributed by atoms with van der Waals surface area (Å²) in [7, 11) is 0. The van der Waals surface area contributed by atoms with E-state index < -0.39 is 0 Å². The largest absolute Gasteiger partial charge is 0.309 e. The topological polar surface area (TPSA) is 12.0 Å². The number of nitrogens with one attached hydrogen (secondary N) is 1. The van der Waals surface area contributed by atoms with Crippen LogP contribution < -0.4 is 5.32 Å². The van der Waals surface area contributed by atoms with Crippen molar-refractivity contribution in [3.05, 3.63) is 57.8 Å². The molecule has 0 fully saturated rings. The predicted molar refractivity (Wildman–Crippen MR) is 75.6 cm³/mol. The first-order chi connectivity index (χ1) is 8.29. The SMILES string of the molecule is CCN[C@H](Cc1ccc(C)cc1)c1cccs1. The summed E-state index contributed by atoms with van der Waals surface area (Å²) in [5.41, 5.74) is 2.72. The number of likely N-dealkylation sites (N-methyl/N-ethyl adjacent to an activating group) is 1. The van der Waals surface area contributed by atoms with E-state index in [1.165, 1.54) is 16.0 Å². The standard InChI is InChI=1S/C15H19NS/c1-3-16-14(15-5-4-10-17-15)11-13-8-6-12(2)7-9-13/h4-10,14,16H,3,11H2,1-2H3/t14-/m1/s1. The van der Waals surface area contributed by atoms with E-state index >= 15 is 0 Å². The zero-order valence-corrected chi connectivity index (χ0v) is 11.3. The summed E-state index contributed by atoms with van der Waals surface area (Å²) in [5, 5.41) is 5.71. The van der Waals surface area contributed by atoms with Crippen LogP contribution in [-0.4, -0.2) is 6.54 Å². The number of benzene rings is 1. The van der Waals surface area contributed by atoms with Crippen molar-refractivity contribution >= 4 is 11.3 Å². The van der Waals surface area contributed by atoms with Crippen LogP contribution in [0.25, 0.3) is 0 Å². The molecule has 2 rings (SSSR count). The van der Waals surface area contributed by atoms with E-state index in [1.807, 2.05) is 11.3 Å². The molecule has 1 atom stereocenters. The molecule has 0 aliphatic carbocycles. The zero-order valence-electron chi connectivity index (χ0n) is 10.4. The Kier molecular flexibility index (Phi) is 4.35. The van der Waals surface area contributed by atoms with Gasteiger partial charge in [0.25, 0.3) is 0 Å². The maximum Gasteiger partial charge on any atom is 0.0455 e. The molecule has 1 aromatic heterocycles. The second-order valence-corrected chi connectivity index (χ2v) is 5.29. The van der Waals surface area contributed by atoms with Crippen molar-refractivity contribution in [2.45, 2.75) is 26.3 Å². The summed E-state index contributed by atoms with van der Waals surface area (Å²) < 4.78 is 0. The summed E-state index contributed by atoms with van der Waals surface area (Å²) in [6, 6.07) is 13.6. The molecule has 0 bridgehead atoms. The van der Waals surface area contributed by atoms with Crippen molar-refractivity contribution in [1.82, 2.24) is 5.32 Å². The van der Waals surface area contributed by atoms with Crippen molar-refractivity contribution < 1.29 is 0 Å². The van der Waals surface area contributed by atoms with E-state index in [1.54, 1.807) is 0 Å². The molecule has 0 spiro atoms. The van der Waals surface area contributed by atoms with Crippen LogP contribution in [0.3, 0.4) is 0 Å². The normalized spacial score (nSPS) is 12.6. The number of thiophene rings is 1. The molecular weight excluding hydrogens is 226 g/mol. The average molecular weight is 245 g/mol. The van der Waals surface area contributed by atoms with Gasteiger partial charge in [-0.1, -0.05) is 42.8 Å².